The number of hydrogen-bond acceptors (Lipinski definition) is 5. The highest BCUT2D eigenvalue weighted by Gasteiger charge is 2.07. The average molecular weight is 352 g/mol. The number of aryl methyl sites for hydroxylation is 1. The summed E-state index contributed by atoms with van der Waals surface area (Å²) in [6.07, 6.45) is 0.574. The van der Waals surface area contributed by atoms with E-state index in [1.54, 1.807) is 19.2 Å². The lowest BCUT2D eigenvalue weighted by Gasteiger charge is -2.12. The first kappa shape index (κ1) is 17.7. The molecule has 0 amide bonds. The van der Waals surface area contributed by atoms with Crippen molar-refractivity contribution >= 4 is 17.5 Å². The molecule has 0 fully saturated rings. The van der Waals surface area contributed by atoms with Crippen molar-refractivity contribution in [1.29, 1.82) is 0 Å². The first-order chi connectivity index (χ1) is 12.7. The summed E-state index contributed by atoms with van der Waals surface area (Å²) in [5, 5.41) is 6.40. The number of rotatable bonds is 7. The van der Waals surface area contributed by atoms with Crippen LogP contribution >= 0.6 is 0 Å². The van der Waals surface area contributed by atoms with Crippen molar-refractivity contribution in [3.63, 3.8) is 0 Å². The van der Waals surface area contributed by atoms with Gasteiger partial charge in [-0.25, -0.2) is 9.37 Å². The van der Waals surface area contributed by atoms with E-state index in [0.717, 1.165) is 11.4 Å². The lowest BCUT2D eigenvalue weighted by Crippen LogP contribution is -2.09. The van der Waals surface area contributed by atoms with E-state index in [4.69, 9.17) is 4.74 Å². The Morgan fingerprint density at radius 2 is 1.81 bits per heavy atom. The monoisotopic (exact) mass is 352 g/mol. The van der Waals surface area contributed by atoms with Crippen LogP contribution in [0.3, 0.4) is 0 Å². The SMILES string of the molecule is COc1ccccc1Nc1nc(C)cc(NCCc2ccccc2F)n1. The molecule has 0 saturated carbocycles. The minimum Gasteiger partial charge on any atom is -0.495 e. The molecular weight excluding hydrogens is 331 g/mol. The van der Waals surface area contributed by atoms with Gasteiger partial charge in [0.25, 0.3) is 0 Å². The highest BCUT2D eigenvalue weighted by molar-refractivity contribution is 5.63. The van der Waals surface area contributed by atoms with Gasteiger partial charge in [-0.05, 0) is 37.1 Å². The Morgan fingerprint density at radius 3 is 2.62 bits per heavy atom. The first-order valence-corrected chi connectivity index (χ1v) is 8.38. The van der Waals surface area contributed by atoms with Crippen LogP contribution in [0, 0.1) is 12.7 Å². The number of anilines is 3. The number of hydrogen-bond donors (Lipinski definition) is 2. The third kappa shape index (κ3) is 4.47. The molecular formula is C20H21FN4O. The molecule has 2 N–H and O–H groups in total. The number of methoxy groups -OCH3 is 1. The van der Waals surface area contributed by atoms with E-state index in [2.05, 4.69) is 20.6 Å². The van der Waals surface area contributed by atoms with E-state index in [0.29, 0.717) is 36.0 Å². The highest BCUT2D eigenvalue weighted by Crippen LogP contribution is 2.26. The smallest absolute Gasteiger partial charge is 0.229 e. The molecule has 3 aromatic rings. The van der Waals surface area contributed by atoms with Crippen LogP contribution in [0.15, 0.2) is 54.6 Å². The minimum absolute atomic E-state index is 0.188. The summed E-state index contributed by atoms with van der Waals surface area (Å²) in [6.45, 7) is 2.47. The Kier molecular flexibility index (Phi) is 5.63. The topological polar surface area (TPSA) is 59.1 Å². The Morgan fingerprint density at radius 1 is 1.04 bits per heavy atom. The molecule has 6 heteroatoms. The van der Waals surface area contributed by atoms with E-state index >= 15 is 0 Å². The number of para-hydroxylation sites is 2. The van der Waals surface area contributed by atoms with E-state index in [1.807, 2.05) is 43.3 Å². The minimum atomic E-state index is -0.188. The van der Waals surface area contributed by atoms with Crippen molar-refractivity contribution < 1.29 is 9.13 Å². The summed E-state index contributed by atoms with van der Waals surface area (Å²) >= 11 is 0. The summed E-state index contributed by atoms with van der Waals surface area (Å²) in [4.78, 5) is 8.88. The zero-order chi connectivity index (χ0) is 18.4. The summed E-state index contributed by atoms with van der Waals surface area (Å²) in [5.41, 5.74) is 2.29. The lowest BCUT2D eigenvalue weighted by molar-refractivity contribution is 0.417. The van der Waals surface area contributed by atoms with E-state index in [1.165, 1.54) is 6.07 Å². The molecule has 5 nitrogen and oxygen atoms in total. The number of benzene rings is 2. The fourth-order valence-corrected chi connectivity index (χ4v) is 2.61. The van der Waals surface area contributed by atoms with Gasteiger partial charge >= 0.3 is 0 Å². The van der Waals surface area contributed by atoms with Crippen LogP contribution in [0.1, 0.15) is 11.3 Å². The van der Waals surface area contributed by atoms with Gasteiger partial charge in [0.15, 0.2) is 0 Å². The standard InChI is InChI=1S/C20H21FN4O/c1-14-13-19(22-12-11-15-7-3-4-8-16(15)21)25-20(23-14)24-17-9-5-6-10-18(17)26-2/h3-10,13H,11-12H2,1-2H3,(H2,22,23,24,25). The van der Waals surface area contributed by atoms with Gasteiger partial charge < -0.3 is 15.4 Å². The second-order valence-corrected chi connectivity index (χ2v) is 5.81. The van der Waals surface area contributed by atoms with E-state index in [-0.39, 0.29) is 5.82 Å². The van der Waals surface area contributed by atoms with Gasteiger partial charge in [0, 0.05) is 18.3 Å². The average Bonchev–Trinajstić information content (AvgIpc) is 2.63. The van der Waals surface area contributed by atoms with Crippen LogP contribution in [0.2, 0.25) is 0 Å². The van der Waals surface area contributed by atoms with Crippen LogP contribution in [-0.4, -0.2) is 23.6 Å². The second kappa shape index (κ2) is 8.29. The third-order valence-corrected chi connectivity index (χ3v) is 3.87. The van der Waals surface area contributed by atoms with Crippen molar-refractivity contribution in [3.8, 4) is 5.75 Å². The largest absolute Gasteiger partial charge is 0.495 e. The van der Waals surface area contributed by atoms with Gasteiger partial charge in [0.2, 0.25) is 5.95 Å². The third-order valence-electron chi connectivity index (χ3n) is 3.87. The molecule has 1 aromatic heterocycles. The molecule has 0 saturated heterocycles. The van der Waals surface area contributed by atoms with Crippen LogP contribution in [0.25, 0.3) is 0 Å². The highest BCUT2D eigenvalue weighted by atomic mass is 19.1. The number of halogens is 1. The van der Waals surface area contributed by atoms with E-state index in [9.17, 15) is 4.39 Å². The number of ether oxygens (including phenoxy) is 1. The summed E-state index contributed by atoms with van der Waals surface area (Å²) < 4.78 is 19.0. The molecule has 0 spiro atoms. The first-order valence-electron chi connectivity index (χ1n) is 8.38. The molecule has 0 aliphatic heterocycles. The molecule has 134 valence electrons. The molecule has 2 aromatic carbocycles. The maximum absolute atomic E-state index is 13.7. The van der Waals surface area contributed by atoms with Crippen molar-refractivity contribution in [3.05, 3.63) is 71.7 Å². The number of nitrogens with zero attached hydrogens (tertiary/aromatic N) is 2. The van der Waals surface area contributed by atoms with Gasteiger partial charge in [-0.15, -0.1) is 0 Å². The lowest BCUT2D eigenvalue weighted by atomic mass is 10.1. The van der Waals surface area contributed by atoms with Gasteiger partial charge in [-0.1, -0.05) is 30.3 Å². The predicted octanol–water partition coefficient (Wildman–Crippen LogP) is 4.33. The van der Waals surface area contributed by atoms with Crippen molar-refractivity contribution in [2.24, 2.45) is 0 Å². The normalized spacial score (nSPS) is 10.4. The zero-order valence-corrected chi connectivity index (χ0v) is 14.8. The molecule has 3 rings (SSSR count). The van der Waals surface area contributed by atoms with Gasteiger partial charge in [0.05, 0.1) is 12.8 Å². The second-order valence-electron chi connectivity index (χ2n) is 5.81. The maximum atomic E-state index is 13.7. The number of nitrogens with one attached hydrogen (secondary N) is 2. The molecule has 0 atom stereocenters. The summed E-state index contributed by atoms with van der Waals surface area (Å²) in [7, 11) is 1.62. The molecule has 0 bridgehead atoms. The van der Waals surface area contributed by atoms with E-state index < -0.39 is 0 Å². The van der Waals surface area contributed by atoms with Crippen molar-refractivity contribution in [2.45, 2.75) is 13.3 Å². The fraction of sp³-hybridized carbons (Fsp3) is 0.200. The Bertz CT molecular complexity index is 885. The molecule has 0 unspecified atom stereocenters. The van der Waals surface area contributed by atoms with Crippen LogP contribution in [0.5, 0.6) is 5.75 Å². The van der Waals surface area contributed by atoms with Gasteiger partial charge in [-0.3, -0.25) is 0 Å². The van der Waals surface area contributed by atoms with Crippen LogP contribution < -0.4 is 15.4 Å². The fourth-order valence-electron chi connectivity index (χ4n) is 2.61. The predicted molar refractivity (Wildman–Crippen MR) is 102 cm³/mol. The molecule has 1 heterocycles. The molecule has 0 radical (unpaired) electrons. The molecule has 0 aliphatic rings. The maximum Gasteiger partial charge on any atom is 0.229 e. The van der Waals surface area contributed by atoms with Crippen LogP contribution in [0.4, 0.5) is 21.8 Å². The van der Waals surface area contributed by atoms with Crippen molar-refractivity contribution in [2.75, 3.05) is 24.3 Å². The summed E-state index contributed by atoms with van der Waals surface area (Å²) in [5.74, 6) is 1.69. The quantitative estimate of drug-likeness (QED) is 0.663. The molecule has 26 heavy (non-hydrogen) atoms. The molecule has 0 aliphatic carbocycles. The Balaban J connectivity index is 1.68. The Hall–Kier alpha value is -3.15. The van der Waals surface area contributed by atoms with Crippen molar-refractivity contribution in [1.82, 2.24) is 9.97 Å². The Labute approximate surface area is 152 Å². The number of aromatic nitrogens is 2. The zero-order valence-electron chi connectivity index (χ0n) is 14.8. The van der Waals surface area contributed by atoms with Gasteiger partial charge in [-0.2, -0.15) is 4.98 Å². The summed E-state index contributed by atoms with van der Waals surface area (Å²) in [6, 6.07) is 16.2. The van der Waals surface area contributed by atoms with Crippen LogP contribution in [-0.2, 0) is 6.42 Å². The van der Waals surface area contributed by atoms with Gasteiger partial charge in [0.1, 0.15) is 17.4 Å².